The second-order valence-corrected chi connectivity index (χ2v) is 6.30. The second kappa shape index (κ2) is 7.00. The Kier molecular flexibility index (Phi) is 4.80. The molecule has 0 aliphatic carbocycles. The van der Waals surface area contributed by atoms with Gasteiger partial charge in [-0.3, -0.25) is 14.7 Å². The third-order valence-electron chi connectivity index (χ3n) is 4.72. The van der Waals surface area contributed by atoms with Crippen molar-refractivity contribution in [3.63, 3.8) is 0 Å². The van der Waals surface area contributed by atoms with Gasteiger partial charge < -0.3 is 16.0 Å². The first-order chi connectivity index (χ1) is 11.6. The molecule has 0 aromatic heterocycles. The molecule has 0 bridgehead atoms. The van der Waals surface area contributed by atoms with Crippen LogP contribution in [-0.2, 0) is 0 Å². The van der Waals surface area contributed by atoms with E-state index in [2.05, 4.69) is 10.3 Å². The van der Waals surface area contributed by atoms with Crippen LogP contribution in [0.3, 0.4) is 0 Å². The van der Waals surface area contributed by atoms with Crippen molar-refractivity contribution in [3.8, 4) is 0 Å². The van der Waals surface area contributed by atoms with Crippen LogP contribution in [0.15, 0.2) is 29.3 Å². The molecule has 0 radical (unpaired) electrons. The Bertz CT molecular complexity index is 654. The molecule has 1 unspecified atom stereocenters. The van der Waals surface area contributed by atoms with Gasteiger partial charge in [-0.25, -0.2) is 4.79 Å². The quantitative estimate of drug-likeness (QED) is 0.866. The van der Waals surface area contributed by atoms with Gasteiger partial charge in [0.05, 0.1) is 18.9 Å². The van der Waals surface area contributed by atoms with Crippen LogP contribution in [0.4, 0.5) is 4.79 Å². The van der Waals surface area contributed by atoms with Crippen LogP contribution < -0.4 is 11.1 Å². The maximum absolute atomic E-state index is 12.7. The highest BCUT2D eigenvalue weighted by Gasteiger charge is 2.29. The number of nitrogens with zero attached hydrogens (tertiary/aromatic N) is 3. The molecule has 7 heteroatoms. The van der Waals surface area contributed by atoms with Crippen molar-refractivity contribution in [2.75, 3.05) is 26.7 Å². The highest BCUT2D eigenvalue weighted by atomic mass is 16.2. The first kappa shape index (κ1) is 16.4. The van der Waals surface area contributed by atoms with Gasteiger partial charge in [0, 0.05) is 18.7 Å². The molecule has 1 aromatic rings. The summed E-state index contributed by atoms with van der Waals surface area (Å²) in [6, 6.07) is 7.20. The maximum atomic E-state index is 12.7. The van der Waals surface area contributed by atoms with E-state index < -0.39 is 5.91 Å². The molecule has 3 N–H and O–H groups in total. The van der Waals surface area contributed by atoms with Crippen LogP contribution in [0, 0.1) is 0 Å². The Morgan fingerprint density at radius 1 is 1.33 bits per heavy atom. The van der Waals surface area contributed by atoms with Crippen LogP contribution in [0.1, 0.15) is 34.8 Å². The minimum Gasteiger partial charge on any atom is -0.366 e. The van der Waals surface area contributed by atoms with E-state index in [1.165, 1.54) is 0 Å². The van der Waals surface area contributed by atoms with E-state index in [4.69, 9.17) is 5.73 Å². The molecule has 2 heterocycles. The van der Waals surface area contributed by atoms with Gasteiger partial charge in [0.1, 0.15) is 0 Å². The number of hydrogen-bond donors (Lipinski definition) is 2. The average Bonchev–Trinajstić information content (AvgIpc) is 3.11. The van der Waals surface area contributed by atoms with E-state index in [-0.39, 0.29) is 18.1 Å². The molecule has 0 spiro atoms. The topological polar surface area (TPSA) is 91.0 Å². The lowest BCUT2D eigenvalue weighted by atomic mass is 10.0. The molecule has 3 rings (SSSR count). The van der Waals surface area contributed by atoms with E-state index in [0.717, 1.165) is 31.5 Å². The van der Waals surface area contributed by atoms with Gasteiger partial charge in [-0.1, -0.05) is 12.1 Å². The third-order valence-corrected chi connectivity index (χ3v) is 4.72. The molecule has 7 nitrogen and oxygen atoms in total. The van der Waals surface area contributed by atoms with E-state index in [1.807, 2.05) is 18.0 Å². The standard InChI is InChI=1S/C17H23N5O2/c1-21(14-5-7-19-8-6-14)17(24)22-10-15(20-11-22)12-3-2-4-13(9-12)16(18)23/h2-4,9,11,14-15,19H,5-8,10H2,1H3,(H2,18,23). The largest absolute Gasteiger partial charge is 0.366 e. The van der Waals surface area contributed by atoms with Crippen LogP contribution in [0.2, 0.25) is 0 Å². The highest BCUT2D eigenvalue weighted by molar-refractivity contribution is 5.93. The molecule has 1 fully saturated rings. The predicted octanol–water partition coefficient (Wildman–Crippen LogP) is 0.974. The summed E-state index contributed by atoms with van der Waals surface area (Å²) < 4.78 is 0. The van der Waals surface area contributed by atoms with Crippen LogP contribution in [0.5, 0.6) is 0 Å². The average molecular weight is 329 g/mol. The summed E-state index contributed by atoms with van der Waals surface area (Å²) >= 11 is 0. The lowest BCUT2D eigenvalue weighted by Gasteiger charge is -2.33. The van der Waals surface area contributed by atoms with E-state index >= 15 is 0 Å². The van der Waals surface area contributed by atoms with Gasteiger partial charge in [0.15, 0.2) is 0 Å². The summed E-state index contributed by atoms with van der Waals surface area (Å²) in [4.78, 5) is 31.9. The zero-order valence-corrected chi connectivity index (χ0v) is 13.8. The maximum Gasteiger partial charge on any atom is 0.325 e. The van der Waals surface area contributed by atoms with Gasteiger partial charge in [-0.05, 0) is 43.6 Å². The first-order valence-corrected chi connectivity index (χ1v) is 8.23. The van der Waals surface area contributed by atoms with Crippen molar-refractivity contribution in [2.45, 2.75) is 24.9 Å². The monoisotopic (exact) mass is 329 g/mol. The lowest BCUT2D eigenvalue weighted by molar-refractivity contribution is 0.1000. The lowest BCUT2D eigenvalue weighted by Crippen LogP contribution is -2.48. The normalized spacial score (nSPS) is 21.0. The molecule has 24 heavy (non-hydrogen) atoms. The number of carbonyl (C=O) groups excluding carboxylic acids is 2. The molecule has 1 saturated heterocycles. The third kappa shape index (κ3) is 3.41. The van der Waals surface area contributed by atoms with Crippen molar-refractivity contribution in [1.82, 2.24) is 15.1 Å². The molecular weight excluding hydrogens is 306 g/mol. The summed E-state index contributed by atoms with van der Waals surface area (Å²) in [6.45, 7) is 2.37. The van der Waals surface area contributed by atoms with Crippen molar-refractivity contribution in [3.05, 3.63) is 35.4 Å². The summed E-state index contributed by atoms with van der Waals surface area (Å²) in [5.41, 5.74) is 6.67. The number of aliphatic imine (C=N–C) groups is 1. The van der Waals surface area contributed by atoms with Gasteiger partial charge in [-0.2, -0.15) is 0 Å². The fraction of sp³-hybridized carbons (Fsp3) is 0.471. The molecule has 2 aliphatic rings. The number of hydrogen-bond acceptors (Lipinski definition) is 4. The predicted molar refractivity (Wildman–Crippen MR) is 91.9 cm³/mol. The summed E-state index contributed by atoms with van der Waals surface area (Å²) in [6.07, 6.45) is 3.54. The zero-order valence-electron chi connectivity index (χ0n) is 13.8. The van der Waals surface area contributed by atoms with Crippen molar-refractivity contribution in [1.29, 1.82) is 0 Å². The van der Waals surface area contributed by atoms with Gasteiger partial charge in [-0.15, -0.1) is 0 Å². The molecule has 1 atom stereocenters. The summed E-state index contributed by atoms with van der Waals surface area (Å²) in [7, 11) is 1.85. The number of urea groups is 1. The van der Waals surface area contributed by atoms with Crippen molar-refractivity contribution >= 4 is 18.3 Å². The fourth-order valence-corrected chi connectivity index (χ4v) is 3.21. The molecule has 1 aromatic carbocycles. The number of rotatable bonds is 3. The summed E-state index contributed by atoms with van der Waals surface area (Å²) in [5, 5.41) is 3.31. The number of nitrogens with one attached hydrogen (secondary N) is 1. The number of primary amides is 1. The van der Waals surface area contributed by atoms with E-state index in [0.29, 0.717) is 12.1 Å². The van der Waals surface area contributed by atoms with E-state index in [9.17, 15) is 9.59 Å². The van der Waals surface area contributed by atoms with Crippen LogP contribution >= 0.6 is 0 Å². The second-order valence-electron chi connectivity index (χ2n) is 6.30. The Labute approximate surface area is 141 Å². The Morgan fingerprint density at radius 3 is 2.79 bits per heavy atom. The van der Waals surface area contributed by atoms with Crippen molar-refractivity contribution in [2.24, 2.45) is 10.7 Å². The SMILES string of the molecule is CN(C(=O)N1C=NC(c2cccc(C(N)=O)c2)C1)C1CCNCC1. The zero-order chi connectivity index (χ0) is 17.1. The molecule has 0 saturated carbocycles. The summed E-state index contributed by atoms with van der Waals surface area (Å²) in [5.74, 6) is -0.461. The Balaban J connectivity index is 1.64. The van der Waals surface area contributed by atoms with Gasteiger partial charge >= 0.3 is 6.03 Å². The van der Waals surface area contributed by atoms with Crippen LogP contribution in [-0.4, -0.2) is 60.8 Å². The highest BCUT2D eigenvalue weighted by Crippen LogP contribution is 2.24. The minimum atomic E-state index is -0.461. The van der Waals surface area contributed by atoms with Crippen LogP contribution in [0.25, 0.3) is 0 Å². The Morgan fingerprint density at radius 2 is 2.08 bits per heavy atom. The number of carbonyl (C=O) groups is 2. The van der Waals surface area contributed by atoms with Gasteiger partial charge in [0.2, 0.25) is 5.91 Å². The smallest absolute Gasteiger partial charge is 0.325 e. The van der Waals surface area contributed by atoms with E-state index in [1.54, 1.807) is 29.4 Å². The van der Waals surface area contributed by atoms with Crippen molar-refractivity contribution < 1.29 is 9.59 Å². The number of benzene rings is 1. The molecule has 2 aliphatic heterocycles. The minimum absolute atomic E-state index is 0.0285. The van der Waals surface area contributed by atoms with Gasteiger partial charge in [0.25, 0.3) is 0 Å². The molecule has 128 valence electrons. The number of amides is 3. The number of piperidine rings is 1. The first-order valence-electron chi connectivity index (χ1n) is 8.23. The molecular formula is C17H23N5O2. The fourth-order valence-electron chi connectivity index (χ4n) is 3.21. The number of nitrogens with two attached hydrogens (primary N) is 1. The Hall–Kier alpha value is -2.41. The molecule has 3 amide bonds.